The van der Waals surface area contributed by atoms with Crippen molar-refractivity contribution in [3.63, 3.8) is 0 Å². The molecule has 0 aromatic heterocycles. The molecule has 1 atom stereocenters. The van der Waals surface area contributed by atoms with E-state index in [1.54, 1.807) is 0 Å². The molecule has 0 unspecified atom stereocenters. The third-order valence-corrected chi connectivity index (χ3v) is 5.58. The molecular weight excluding hydrogens is 388 g/mol. The van der Waals surface area contributed by atoms with Crippen molar-refractivity contribution in [1.82, 2.24) is 5.32 Å². The number of alkyl halides is 2. The highest BCUT2D eigenvalue weighted by molar-refractivity contribution is 7.91. The number of sulfone groups is 1. The summed E-state index contributed by atoms with van der Waals surface area (Å²) in [5, 5.41) is 1.98. The maximum atomic E-state index is 12.1. The minimum atomic E-state index is -3.11. The van der Waals surface area contributed by atoms with Crippen LogP contribution < -0.4 is 10.1 Å². The highest BCUT2D eigenvalue weighted by atomic mass is 32.2. The Kier molecular flexibility index (Phi) is 6.83. The van der Waals surface area contributed by atoms with E-state index in [1.807, 2.05) is 5.32 Å². The van der Waals surface area contributed by atoms with Crippen molar-refractivity contribution >= 4 is 27.6 Å². The van der Waals surface area contributed by atoms with Crippen molar-refractivity contribution in [2.24, 2.45) is 5.92 Å². The average Bonchev–Trinajstić information content (AvgIpc) is 2.91. The molecule has 8 nitrogen and oxygen atoms in total. The zero-order valence-corrected chi connectivity index (χ0v) is 14.8. The number of hydrogen-bond donors (Lipinski definition) is 1. The Morgan fingerprint density at radius 2 is 1.85 bits per heavy atom. The van der Waals surface area contributed by atoms with Gasteiger partial charge in [0, 0.05) is 12.0 Å². The summed E-state index contributed by atoms with van der Waals surface area (Å²) in [6.45, 7) is -3.69. The molecule has 1 fully saturated rings. The van der Waals surface area contributed by atoms with Crippen LogP contribution in [0, 0.1) is 5.92 Å². The predicted octanol–water partition coefficient (Wildman–Crippen LogP) is 0.912. The number of halogens is 2. The van der Waals surface area contributed by atoms with E-state index in [0.29, 0.717) is 6.42 Å². The largest absolute Gasteiger partial charge is 0.456 e. The normalized spacial score (nSPS) is 18.1. The van der Waals surface area contributed by atoms with Crippen molar-refractivity contribution in [2.75, 3.05) is 18.1 Å². The molecule has 11 heteroatoms. The van der Waals surface area contributed by atoms with Gasteiger partial charge in [0.25, 0.3) is 11.8 Å². The number of ether oxygens (including phenoxy) is 2. The number of hydrogen-bond acceptors (Lipinski definition) is 7. The van der Waals surface area contributed by atoms with Crippen LogP contribution in [0.25, 0.3) is 0 Å². The second-order valence-corrected chi connectivity index (χ2v) is 8.14. The van der Waals surface area contributed by atoms with Gasteiger partial charge in [0.2, 0.25) is 0 Å². The van der Waals surface area contributed by atoms with Gasteiger partial charge in [-0.25, -0.2) is 8.42 Å². The fourth-order valence-corrected chi connectivity index (χ4v) is 4.36. The molecule has 1 N–H and O–H groups in total. The first-order chi connectivity index (χ1) is 12.6. The van der Waals surface area contributed by atoms with Crippen molar-refractivity contribution in [1.29, 1.82) is 0 Å². The number of imide groups is 1. The Morgan fingerprint density at radius 3 is 2.41 bits per heavy atom. The van der Waals surface area contributed by atoms with Gasteiger partial charge in [-0.1, -0.05) is 0 Å². The van der Waals surface area contributed by atoms with Gasteiger partial charge >= 0.3 is 12.6 Å². The van der Waals surface area contributed by atoms with Crippen LogP contribution in [0.4, 0.5) is 8.78 Å². The predicted molar refractivity (Wildman–Crippen MR) is 87.9 cm³/mol. The van der Waals surface area contributed by atoms with Crippen molar-refractivity contribution in [3.8, 4) is 5.75 Å². The fourth-order valence-electron chi connectivity index (χ4n) is 2.50. The highest BCUT2D eigenvalue weighted by Gasteiger charge is 2.30. The number of esters is 1. The Bertz CT molecular complexity index is 809. The van der Waals surface area contributed by atoms with Crippen LogP contribution >= 0.6 is 0 Å². The lowest BCUT2D eigenvalue weighted by Crippen LogP contribution is -2.34. The second kappa shape index (κ2) is 8.89. The van der Waals surface area contributed by atoms with E-state index < -0.39 is 40.8 Å². The maximum Gasteiger partial charge on any atom is 0.387 e. The monoisotopic (exact) mass is 405 g/mol. The Labute approximate surface area is 153 Å². The van der Waals surface area contributed by atoms with Gasteiger partial charge in [0.1, 0.15) is 5.75 Å². The smallest absolute Gasteiger partial charge is 0.387 e. The van der Waals surface area contributed by atoms with E-state index in [0.717, 1.165) is 12.1 Å². The summed E-state index contributed by atoms with van der Waals surface area (Å²) in [6, 6.07) is 4.65. The number of nitrogens with one attached hydrogen (secondary N) is 1. The zero-order valence-electron chi connectivity index (χ0n) is 14.0. The molecule has 1 heterocycles. The molecule has 1 saturated heterocycles. The summed E-state index contributed by atoms with van der Waals surface area (Å²) in [6.07, 6.45) is 0.249. The van der Waals surface area contributed by atoms with Crippen molar-refractivity contribution < 1.29 is 41.1 Å². The molecule has 0 spiro atoms. The third-order valence-electron chi connectivity index (χ3n) is 3.74. The minimum absolute atomic E-state index is 0.0208. The molecule has 1 aromatic rings. The molecule has 148 valence electrons. The third kappa shape index (κ3) is 6.93. The van der Waals surface area contributed by atoms with Gasteiger partial charge in [-0.05, 0) is 36.6 Å². The lowest BCUT2D eigenvalue weighted by molar-refractivity contribution is -0.149. The summed E-state index contributed by atoms with van der Waals surface area (Å²) in [5.74, 6) is -2.94. The molecule has 1 aliphatic rings. The second-order valence-electron chi connectivity index (χ2n) is 5.91. The van der Waals surface area contributed by atoms with Gasteiger partial charge in [-0.3, -0.25) is 19.7 Å². The first-order valence-electron chi connectivity index (χ1n) is 7.90. The molecule has 1 aliphatic heterocycles. The zero-order chi connectivity index (χ0) is 20.0. The molecule has 0 bridgehead atoms. The molecule has 0 aliphatic carbocycles. The summed E-state index contributed by atoms with van der Waals surface area (Å²) < 4.78 is 55.6. The molecule has 0 radical (unpaired) electrons. The number of carbonyl (C=O) groups is 3. The summed E-state index contributed by atoms with van der Waals surface area (Å²) in [7, 11) is -3.11. The van der Waals surface area contributed by atoms with Crippen LogP contribution in [0.15, 0.2) is 24.3 Å². The van der Waals surface area contributed by atoms with E-state index in [1.165, 1.54) is 12.1 Å². The number of benzene rings is 1. The van der Waals surface area contributed by atoms with Crippen LogP contribution in [0.1, 0.15) is 23.2 Å². The van der Waals surface area contributed by atoms with Crippen LogP contribution in [0.3, 0.4) is 0 Å². The molecule has 2 amide bonds. The molecule has 2 rings (SSSR count). The van der Waals surface area contributed by atoms with Gasteiger partial charge in [0.05, 0.1) is 11.5 Å². The average molecular weight is 405 g/mol. The first kappa shape index (κ1) is 20.7. The van der Waals surface area contributed by atoms with E-state index in [9.17, 15) is 31.6 Å². The van der Waals surface area contributed by atoms with Crippen molar-refractivity contribution in [2.45, 2.75) is 19.5 Å². The lowest BCUT2D eigenvalue weighted by Gasteiger charge is -2.09. The molecule has 27 heavy (non-hydrogen) atoms. The van der Waals surface area contributed by atoms with E-state index in [2.05, 4.69) is 4.74 Å². The lowest BCUT2D eigenvalue weighted by atomic mass is 10.1. The van der Waals surface area contributed by atoms with Gasteiger partial charge in [0.15, 0.2) is 16.4 Å². The number of amides is 2. The SMILES string of the molecule is O=C(COC(=O)C[C@H]1CCS(=O)(=O)C1)NC(=O)c1ccc(OC(F)F)cc1. The molecule has 0 saturated carbocycles. The summed E-state index contributed by atoms with van der Waals surface area (Å²) >= 11 is 0. The van der Waals surface area contributed by atoms with Gasteiger partial charge < -0.3 is 9.47 Å². The number of carbonyl (C=O) groups excluding carboxylic acids is 3. The van der Waals surface area contributed by atoms with E-state index >= 15 is 0 Å². The molecular formula is C16H17F2NO7S. The van der Waals surface area contributed by atoms with E-state index in [4.69, 9.17) is 4.74 Å². The minimum Gasteiger partial charge on any atom is -0.456 e. The molecule has 1 aromatic carbocycles. The Morgan fingerprint density at radius 1 is 1.19 bits per heavy atom. The summed E-state index contributed by atoms with van der Waals surface area (Å²) in [5.41, 5.74) is 0.0208. The van der Waals surface area contributed by atoms with Crippen LogP contribution in [-0.4, -0.2) is 50.9 Å². The van der Waals surface area contributed by atoms with Crippen LogP contribution in [0.5, 0.6) is 5.75 Å². The summed E-state index contributed by atoms with van der Waals surface area (Å²) in [4.78, 5) is 35.1. The number of rotatable bonds is 7. The van der Waals surface area contributed by atoms with Crippen molar-refractivity contribution in [3.05, 3.63) is 29.8 Å². The quantitative estimate of drug-likeness (QED) is 0.671. The standard InChI is InChI=1S/C16H17F2NO7S/c17-16(18)26-12-3-1-11(2-4-12)15(22)19-13(20)8-25-14(21)7-10-5-6-27(23,24)9-10/h1-4,10,16H,5-9H2,(H,19,20,22)/t10-/m1/s1. The Hall–Kier alpha value is -2.56. The fraction of sp³-hybridized carbons (Fsp3) is 0.438. The van der Waals surface area contributed by atoms with E-state index in [-0.39, 0.29) is 35.2 Å². The van der Waals surface area contributed by atoms with Crippen LogP contribution in [-0.2, 0) is 24.2 Å². The maximum absolute atomic E-state index is 12.1. The van der Waals surface area contributed by atoms with Gasteiger partial charge in [-0.15, -0.1) is 0 Å². The first-order valence-corrected chi connectivity index (χ1v) is 9.72. The highest BCUT2D eigenvalue weighted by Crippen LogP contribution is 2.21. The van der Waals surface area contributed by atoms with Gasteiger partial charge in [-0.2, -0.15) is 8.78 Å². The van der Waals surface area contributed by atoms with Crippen LogP contribution in [0.2, 0.25) is 0 Å². The topological polar surface area (TPSA) is 116 Å². The Balaban J connectivity index is 1.74.